The van der Waals surface area contributed by atoms with E-state index in [9.17, 15) is 23.7 Å². The summed E-state index contributed by atoms with van der Waals surface area (Å²) in [4.78, 5) is 0. The molecule has 282 valence electrons. The quantitative estimate of drug-likeness (QED) is 0.179. The van der Waals surface area contributed by atoms with Crippen LogP contribution in [0.2, 0.25) is 0 Å². The first kappa shape index (κ1) is 34.2. The summed E-state index contributed by atoms with van der Waals surface area (Å²) < 4.78 is 46.4. The van der Waals surface area contributed by atoms with Crippen LogP contribution in [0.25, 0.3) is 88.4 Å². The molecule has 2 aliphatic carbocycles. The second-order valence-corrected chi connectivity index (χ2v) is 15.8. The molecule has 7 heteroatoms. The van der Waals surface area contributed by atoms with Gasteiger partial charge >= 0.3 is 6.18 Å². The molecule has 0 bridgehead atoms. The molecule has 10 aromatic rings. The first-order valence-electron chi connectivity index (χ1n) is 19.8. The maximum absolute atomic E-state index is 14.0. The Morgan fingerprint density at radius 3 is 1.43 bits per heavy atom. The largest absolute Gasteiger partial charge is 0.416 e. The molecule has 2 aromatic heterocycles. The summed E-state index contributed by atoms with van der Waals surface area (Å²) in [7, 11) is 0. The van der Waals surface area contributed by atoms with Gasteiger partial charge < -0.3 is 9.13 Å². The number of alkyl halides is 3. The number of hydrogen-bond donors (Lipinski definition) is 0. The molecule has 4 nitrogen and oxygen atoms in total. The minimum atomic E-state index is -4.63. The smallest absolute Gasteiger partial charge is 0.308 e. The lowest BCUT2D eigenvalue weighted by molar-refractivity contribution is -0.137. The number of nitrogens with zero attached hydrogens (tertiary/aromatic N) is 4. The van der Waals surface area contributed by atoms with Crippen molar-refractivity contribution in [1.29, 1.82) is 10.5 Å². The first-order chi connectivity index (χ1) is 29.3. The van der Waals surface area contributed by atoms with Crippen LogP contribution in [-0.2, 0) is 19.0 Å². The predicted octanol–water partition coefficient (Wildman–Crippen LogP) is 13.5. The SMILES string of the molecule is N#Cc1cc(C(F)(F)F)ccc1-c1cc(-n2c3ccccc3c3cc4c(cc32)Cc2ccccc2-4)c(C#N)c(-n2c3ccccc3c3cc4c(cc32)Cc2ccccc2-4)c1. The fourth-order valence-electron chi connectivity index (χ4n) is 10.0. The average Bonchev–Trinajstić information content (AvgIpc) is 4.01. The third kappa shape index (κ3) is 4.78. The number of fused-ring (bicyclic) bond motifs is 12. The fraction of sp³-hybridized carbons (Fsp3) is 0.0566. The van der Waals surface area contributed by atoms with E-state index in [1.54, 1.807) is 0 Å². The van der Waals surface area contributed by atoms with Crippen molar-refractivity contribution in [3.8, 4) is 56.9 Å². The van der Waals surface area contributed by atoms with E-state index >= 15 is 0 Å². The molecule has 8 aromatic carbocycles. The number of benzene rings is 8. The molecular formula is C53H29F3N4. The highest BCUT2D eigenvalue weighted by Crippen LogP contribution is 2.47. The molecule has 0 amide bonds. The van der Waals surface area contributed by atoms with Crippen molar-refractivity contribution >= 4 is 43.6 Å². The number of para-hydroxylation sites is 2. The van der Waals surface area contributed by atoms with Crippen molar-refractivity contribution in [3.63, 3.8) is 0 Å². The third-order valence-corrected chi connectivity index (χ3v) is 12.6. The van der Waals surface area contributed by atoms with Crippen molar-refractivity contribution in [2.24, 2.45) is 0 Å². The van der Waals surface area contributed by atoms with E-state index in [0.29, 0.717) is 28.1 Å². The van der Waals surface area contributed by atoms with E-state index in [1.165, 1.54) is 50.6 Å². The zero-order valence-corrected chi connectivity index (χ0v) is 31.8. The first-order valence-corrected chi connectivity index (χ1v) is 19.8. The Bertz CT molecular complexity index is 3430. The maximum atomic E-state index is 14.0. The second kappa shape index (κ2) is 12.3. The van der Waals surface area contributed by atoms with Crippen LogP contribution >= 0.6 is 0 Å². The highest BCUT2D eigenvalue weighted by molar-refractivity contribution is 6.13. The van der Waals surface area contributed by atoms with Crippen LogP contribution in [0.15, 0.2) is 152 Å². The van der Waals surface area contributed by atoms with Crippen LogP contribution in [0, 0.1) is 22.7 Å². The van der Waals surface area contributed by atoms with E-state index in [1.807, 2.05) is 48.5 Å². The molecule has 12 rings (SSSR count). The molecule has 60 heavy (non-hydrogen) atoms. The number of hydrogen-bond acceptors (Lipinski definition) is 2. The molecule has 2 aliphatic rings. The molecule has 0 aliphatic heterocycles. The number of halogens is 3. The summed E-state index contributed by atoms with van der Waals surface area (Å²) >= 11 is 0. The Kier molecular flexibility index (Phi) is 7.02. The standard InChI is InChI=1S/C53H29F3N4/c54-53(55,56)36-17-18-37(35(21-36)28-57)34-24-51(59-47-15-7-5-13-40(47)44-26-42-32(22-49(44)59)19-30-9-1-3-11-38(30)42)46(29-58)52(25-34)60-48-16-8-6-14-41(48)45-27-43-33(23-50(45)60)20-31-10-2-4-12-39(31)43/h1-18,21-27H,19-20H2. The van der Waals surface area contributed by atoms with Gasteiger partial charge in [0.2, 0.25) is 0 Å². The Morgan fingerprint density at radius 2 is 0.933 bits per heavy atom. The Morgan fingerprint density at radius 1 is 0.433 bits per heavy atom. The van der Waals surface area contributed by atoms with E-state index in [0.717, 1.165) is 68.6 Å². The third-order valence-electron chi connectivity index (χ3n) is 12.6. The van der Waals surface area contributed by atoms with Crippen LogP contribution in [0.3, 0.4) is 0 Å². The molecule has 0 fully saturated rings. The topological polar surface area (TPSA) is 57.4 Å². The van der Waals surface area contributed by atoms with Crippen LogP contribution in [0.1, 0.15) is 38.9 Å². The average molecular weight is 779 g/mol. The monoisotopic (exact) mass is 778 g/mol. The summed E-state index contributed by atoms with van der Waals surface area (Å²) in [5.41, 5.74) is 14.6. The summed E-state index contributed by atoms with van der Waals surface area (Å²) in [5, 5.41) is 25.9. The second-order valence-electron chi connectivity index (χ2n) is 15.8. The van der Waals surface area contributed by atoms with Gasteiger partial charge in [0.05, 0.1) is 50.6 Å². The lowest BCUT2D eigenvalue weighted by atomic mass is 9.95. The zero-order valence-electron chi connectivity index (χ0n) is 31.8. The van der Waals surface area contributed by atoms with Crippen molar-refractivity contribution in [2.45, 2.75) is 19.0 Å². The molecule has 0 saturated carbocycles. The van der Waals surface area contributed by atoms with Crippen LogP contribution < -0.4 is 0 Å². The molecule has 0 N–H and O–H groups in total. The van der Waals surface area contributed by atoms with Gasteiger partial charge in [0, 0.05) is 21.5 Å². The Balaban J connectivity index is 1.21. The molecule has 0 spiro atoms. The molecule has 0 unspecified atom stereocenters. The fourth-order valence-corrected chi connectivity index (χ4v) is 10.0. The number of aromatic nitrogens is 2. The van der Waals surface area contributed by atoms with Gasteiger partial charge in [0.1, 0.15) is 11.6 Å². The van der Waals surface area contributed by atoms with Gasteiger partial charge in [-0.05, 0) is 129 Å². The Labute approximate surface area is 341 Å². The minimum absolute atomic E-state index is 0.109. The van der Waals surface area contributed by atoms with Crippen molar-refractivity contribution < 1.29 is 13.2 Å². The van der Waals surface area contributed by atoms with Crippen molar-refractivity contribution in [1.82, 2.24) is 9.13 Å². The highest BCUT2D eigenvalue weighted by Gasteiger charge is 2.32. The molecule has 0 atom stereocenters. The Hall–Kier alpha value is -7.87. The molecule has 0 radical (unpaired) electrons. The van der Waals surface area contributed by atoms with Gasteiger partial charge in [0.15, 0.2) is 0 Å². The number of rotatable bonds is 3. The van der Waals surface area contributed by atoms with Gasteiger partial charge in [-0.2, -0.15) is 23.7 Å². The number of nitriles is 2. The van der Waals surface area contributed by atoms with Crippen LogP contribution in [0.4, 0.5) is 13.2 Å². The van der Waals surface area contributed by atoms with Gasteiger partial charge in [-0.15, -0.1) is 0 Å². The maximum Gasteiger partial charge on any atom is 0.416 e. The molecule has 0 saturated heterocycles. The normalized spacial score (nSPS) is 12.8. The molecular weight excluding hydrogens is 750 g/mol. The lowest BCUT2D eigenvalue weighted by Crippen LogP contribution is -2.07. The van der Waals surface area contributed by atoms with Gasteiger partial charge in [-0.25, -0.2) is 0 Å². The minimum Gasteiger partial charge on any atom is -0.308 e. The van der Waals surface area contributed by atoms with E-state index < -0.39 is 11.7 Å². The van der Waals surface area contributed by atoms with Crippen molar-refractivity contribution in [3.05, 3.63) is 191 Å². The summed E-state index contributed by atoms with van der Waals surface area (Å²) in [5.74, 6) is 0. The lowest BCUT2D eigenvalue weighted by Gasteiger charge is -2.19. The van der Waals surface area contributed by atoms with Crippen LogP contribution in [-0.4, -0.2) is 9.13 Å². The summed E-state index contributed by atoms with van der Waals surface area (Å²) in [6.07, 6.45) is -3.09. The van der Waals surface area contributed by atoms with E-state index in [-0.39, 0.29) is 5.56 Å². The molecule has 2 heterocycles. The van der Waals surface area contributed by atoms with E-state index in [4.69, 9.17) is 0 Å². The van der Waals surface area contributed by atoms with Gasteiger partial charge in [-0.1, -0.05) is 91.0 Å². The van der Waals surface area contributed by atoms with E-state index in [2.05, 4.69) is 106 Å². The van der Waals surface area contributed by atoms with Crippen LogP contribution in [0.5, 0.6) is 0 Å². The van der Waals surface area contributed by atoms with Crippen molar-refractivity contribution in [2.75, 3.05) is 0 Å². The highest BCUT2D eigenvalue weighted by atomic mass is 19.4. The summed E-state index contributed by atoms with van der Waals surface area (Å²) in [6, 6.07) is 53.8. The predicted molar refractivity (Wildman–Crippen MR) is 231 cm³/mol. The van der Waals surface area contributed by atoms with Gasteiger partial charge in [-0.3, -0.25) is 0 Å². The summed E-state index contributed by atoms with van der Waals surface area (Å²) in [6.45, 7) is 0. The van der Waals surface area contributed by atoms with Gasteiger partial charge in [0.25, 0.3) is 0 Å². The zero-order chi connectivity index (χ0) is 40.4.